The molecular weight excluding hydrogens is 590 g/mol. The van der Waals surface area contributed by atoms with Crippen molar-refractivity contribution in [3.63, 3.8) is 0 Å². The average molecular weight is 632 g/mol. The number of hydrogen-bond donors (Lipinski definition) is 0. The number of aryl methyl sites for hydroxylation is 2. The molecule has 216 valence electrons. The molecule has 0 radical (unpaired) electrons. The number of carbonyl (C=O) groups excluding carboxylic acids is 2. The molecule has 3 aromatic rings. The molecule has 0 fully saturated rings. The molecule has 0 bridgehead atoms. The van der Waals surface area contributed by atoms with Gasteiger partial charge in [0.25, 0.3) is 11.8 Å². The van der Waals surface area contributed by atoms with Crippen molar-refractivity contribution in [3.05, 3.63) is 33.0 Å². The first-order valence-electron chi connectivity index (χ1n) is 15.1. The summed E-state index contributed by atoms with van der Waals surface area (Å²) in [6.07, 6.45) is 10.2. The number of amides is 2. The summed E-state index contributed by atoms with van der Waals surface area (Å²) in [7, 11) is -2.06. The van der Waals surface area contributed by atoms with Crippen LogP contribution in [0.2, 0.25) is 12.1 Å². The van der Waals surface area contributed by atoms with Gasteiger partial charge in [0.2, 0.25) is 0 Å². The number of imide groups is 1. The van der Waals surface area contributed by atoms with Crippen molar-refractivity contribution in [2.45, 2.75) is 105 Å². The van der Waals surface area contributed by atoms with E-state index in [0.29, 0.717) is 11.1 Å². The number of thiophene rings is 3. The molecule has 2 aliphatic heterocycles. The Balaban J connectivity index is 1.68. The van der Waals surface area contributed by atoms with Gasteiger partial charge >= 0.3 is 0 Å². The fourth-order valence-electron chi connectivity index (χ4n) is 7.07. The number of carbonyl (C=O) groups is 2. The lowest BCUT2D eigenvalue weighted by Crippen LogP contribution is -2.56. The molecule has 2 aliphatic rings. The fourth-order valence-corrected chi connectivity index (χ4v) is 18.8. The van der Waals surface area contributed by atoms with Gasteiger partial charge in [-0.3, -0.25) is 9.59 Å². The van der Waals surface area contributed by atoms with Gasteiger partial charge in [0.05, 0.1) is 16.0 Å². The van der Waals surface area contributed by atoms with Gasteiger partial charge in [-0.25, -0.2) is 0 Å². The van der Waals surface area contributed by atoms with E-state index in [1.165, 1.54) is 78.1 Å². The van der Waals surface area contributed by atoms with Crippen molar-refractivity contribution in [1.29, 1.82) is 0 Å². The van der Waals surface area contributed by atoms with Crippen LogP contribution < -0.4 is 10.4 Å². The SMILES string of the molecule is CCCCC(CC)C[Si]1(CC(CC)CCCC)c2cc(C)sc2-c2sc(-c3sc(C)c4c3C(=O)N(Cl)C4=O)cc21. The second-order valence-electron chi connectivity index (χ2n) is 11.9. The van der Waals surface area contributed by atoms with E-state index in [-0.39, 0.29) is 11.8 Å². The molecule has 0 saturated carbocycles. The van der Waals surface area contributed by atoms with Crippen molar-refractivity contribution in [2.24, 2.45) is 11.8 Å². The van der Waals surface area contributed by atoms with E-state index < -0.39 is 8.07 Å². The summed E-state index contributed by atoms with van der Waals surface area (Å²) in [6.45, 7) is 13.6. The summed E-state index contributed by atoms with van der Waals surface area (Å²) < 4.78 is 0.772. The van der Waals surface area contributed by atoms with Gasteiger partial charge < -0.3 is 0 Å². The Kier molecular flexibility index (Phi) is 9.18. The van der Waals surface area contributed by atoms with Gasteiger partial charge in [0.1, 0.15) is 8.07 Å². The van der Waals surface area contributed by atoms with E-state index in [2.05, 4.69) is 46.8 Å². The van der Waals surface area contributed by atoms with Gasteiger partial charge in [0, 0.05) is 36.2 Å². The summed E-state index contributed by atoms with van der Waals surface area (Å²) in [4.78, 5) is 33.2. The number of hydrogen-bond acceptors (Lipinski definition) is 5. The normalized spacial score (nSPS) is 19.3. The van der Waals surface area contributed by atoms with Gasteiger partial charge in [-0.05, 0) is 60.3 Å². The van der Waals surface area contributed by atoms with Crippen LogP contribution in [0.15, 0.2) is 12.1 Å². The minimum Gasteiger partial charge on any atom is -0.267 e. The monoisotopic (exact) mass is 631 g/mol. The molecule has 3 nitrogen and oxygen atoms in total. The van der Waals surface area contributed by atoms with E-state index in [1.54, 1.807) is 21.7 Å². The topological polar surface area (TPSA) is 37.4 Å². The van der Waals surface area contributed by atoms with Crippen LogP contribution in [0.25, 0.3) is 19.5 Å². The second-order valence-corrected chi connectivity index (χ2v) is 19.8. The van der Waals surface area contributed by atoms with Gasteiger partial charge in [-0.1, -0.05) is 79.1 Å². The molecule has 0 spiro atoms. The third-order valence-corrected chi connectivity index (χ3v) is 19.0. The first kappa shape index (κ1) is 30.2. The molecule has 2 unspecified atom stereocenters. The largest absolute Gasteiger partial charge is 0.277 e. The van der Waals surface area contributed by atoms with Crippen molar-refractivity contribution >= 4 is 76.0 Å². The minimum atomic E-state index is -2.06. The fraction of sp³-hybridized carbons (Fsp3) is 0.562. The van der Waals surface area contributed by atoms with Crippen LogP contribution in [-0.2, 0) is 0 Å². The first-order valence-corrected chi connectivity index (χ1v) is 20.3. The molecule has 5 rings (SSSR count). The van der Waals surface area contributed by atoms with E-state index in [1.807, 2.05) is 29.6 Å². The highest BCUT2D eigenvalue weighted by Gasteiger charge is 2.50. The molecule has 40 heavy (non-hydrogen) atoms. The number of rotatable bonds is 13. The maximum absolute atomic E-state index is 13.1. The summed E-state index contributed by atoms with van der Waals surface area (Å²) in [5.74, 6) is 0.737. The maximum Gasteiger partial charge on any atom is 0.277 e. The second kappa shape index (κ2) is 12.2. The van der Waals surface area contributed by atoms with Gasteiger partial charge in [-0.2, -0.15) is 4.42 Å². The summed E-state index contributed by atoms with van der Waals surface area (Å²) in [5.41, 5.74) is 1.02. The van der Waals surface area contributed by atoms with E-state index in [0.717, 1.165) is 30.9 Å². The van der Waals surface area contributed by atoms with Crippen molar-refractivity contribution in [1.82, 2.24) is 4.42 Å². The molecule has 3 aromatic heterocycles. The Morgan fingerprint density at radius 1 is 0.775 bits per heavy atom. The van der Waals surface area contributed by atoms with Crippen molar-refractivity contribution < 1.29 is 9.59 Å². The lowest BCUT2D eigenvalue weighted by Gasteiger charge is -2.35. The van der Waals surface area contributed by atoms with Crippen LogP contribution in [0.4, 0.5) is 0 Å². The van der Waals surface area contributed by atoms with Gasteiger partial charge in [-0.15, -0.1) is 34.0 Å². The van der Waals surface area contributed by atoms with Gasteiger partial charge in [0.15, 0.2) is 0 Å². The standard InChI is InChI=1S/C32H42ClNO2S3Si/c1-7-11-13-21(9-3)17-40(18-22(10-4)14-12-8-2)24-15-19(5)37-29(24)30-25(40)16-23(39-30)28-27-26(20(6)38-28)31(35)34(33)32(27)36/h15-16,21-22H,7-14,17-18H2,1-6H3. The predicted molar refractivity (Wildman–Crippen MR) is 178 cm³/mol. The van der Waals surface area contributed by atoms with Crippen LogP contribution in [0.5, 0.6) is 0 Å². The smallest absolute Gasteiger partial charge is 0.267 e. The van der Waals surface area contributed by atoms with Crippen LogP contribution in [-0.4, -0.2) is 24.3 Å². The molecular formula is C32H42ClNO2S3Si. The Labute approximate surface area is 258 Å². The molecule has 2 amide bonds. The lowest BCUT2D eigenvalue weighted by molar-refractivity contribution is 0.0767. The Hall–Kier alpha value is -1.25. The first-order chi connectivity index (χ1) is 19.2. The number of halogens is 1. The molecule has 0 N–H and O–H groups in total. The van der Waals surface area contributed by atoms with Crippen LogP contribution in [0, 0.1) is 25.7 Å². The average Bonchev–Trinajstić information content (AvgIpc) is 3.72. The lowest BCUT2D eigenvalue weighted by atomic mass is 10.0. The maximum atomic E-state index is 13.1. The number of fused-ring (bicyclic) bond motifs is 4. The number of nitrogens with zero attached hydrogens (tertiary/aromatic N) is 1. The molecule has 0 aliphatic carbocycles. The van der Waals surface area contributed by atoms with E-state index >= 15 is 0 Å². The molecule has 0 saturated heterocycles. The Morgan fingerprint density at radius 2 is 1.32 bits per heavy atom. The quantitative estimate of drug-likeness (QED) is 0.107. The zero-order valence-electron chi connectivity index (χ0n) is 24.7. The zero-order valence-corrected chi connectivity index (χ0v) is 29.0. The zero-order chi connectivity index (χ0) is 28.8. The summed E-state index contributed by atoms with van der Waals surface area (Å²) in [5, 5.41) is 3.30. The third kappa shape index (κ3) is 5.02. The predicted octanol–water partition coefficient (Wildman–Crippen LogP) is 9.88. The van der Waals surface area contributed by atoms with Crippen LogP contribution in [0.1, 0.15) is 110 Å². The Morgan fingerprint density at radius 3 is 1.90 bits per heavy atom. The van der Waals surface area contributed by atoms with E-state index in [9.17, 15) is 9.59 Å². The third-order valence-electron chi connectivity index (χ3n) is 9.28. The molecule has 5 heterocycles. The van der Waals surface area contributed by atoms with Crippen LogP contribution >= 0.6 is 45.8 Å². The van der Waals surface area contributed by atoms with E-state index in [4.69, 9.17) is 11.8 Å². The summed E-state index contributed by atoms with van der Waals surface area (Å²) >= 11 is 11.5. The highest BCUT2D eigenvalue weighted by molar-refractivity contribution is 7.32. The molecule has 0 aromatic carbocycles. The van der Waals surface area contributed by atoms with Crippen molar-refractivity contribution in [2.75, 3.05) is 0 Å². The molecule has 8 heteroatoms. The highest BCUT2D eigenvalue weighted by atomic mass is 35.5. The highest BCUT2D eigenvalue weighted by Crippen LogP contribution is 2.50. The number of unbranched alkanes of at least 4 members (excludes halogenated alkanes) is 2. The summed E-state index contributed by atoms with van der Waals surface area (Å²) in [6, 6.07) is 7.67. The van der Waals surface area contributed by atoms with Crippen molar-refractivity contribution in [3.8, 4) is 19.5 Å². The minimum absolute atomic E-state index is 0.373. The molecule has 2 atom stereocenters. The van der Waals surface area contributed by atoms with Crippen LogP contribution in [0.3, 0.4) is 0 Å². The Bertz CT molecular complexity index is 1400.